The van der Waals surface area contributed by atoms with Crippen molar-refractivity contribution in [2.24, 2.45) is 5.84 Å². The number of hydrogen-bond acceptors (Lipinski definition) is 6. The van der Waals surface area contributed by atoms with Crippen LogP contribution in [0.5, 0.6) is 0 Å². The molecule has 0 spiro atoms. The van der Waals surface area contributed by atoms with Crippen molar-refractivity contribution in [2.45, 2.75) is 18.9 Å². The molecule has 4 N–H and O–H groups in total. The van der Waals surface area contributed by atoms with E-state index in [1.54, 1.807) is 0 Å². The van der Waals surface area contributed by atoms with E-state index in [2.05, 4.69) is 20.7 Å². The molecule has 1 aromatic heterocycles. The van der Waals surface area contributed by atoms with E-state index in [0.29, 0.717) is 19.0 Å². The van der Waals surface area contributed by atoms with E-state index >= 15 is 0 Å². The Labute approximate surface area is 98.7 Å². The first-order valence-electron chi connectivity index (χ1n) is 5.47. The fourth-order valence-electron chi connectivity index (χ4n) is 1.62. The third-order valence-corrected chi connectivity index (χ3v) is 2.59. The highest BCUT2D eigenvalue weighted by Crippen LogP contribution is 2.07. The van der Waals surface area contributed by atoms with Crippen molar-refractivity contribution in [2.75, 3.05) is 18.6 Å². The number of hydrazine groups is 1. The molecule has 0 bridgehead atoms. The number of carbonyl (C=O) groups is 1. The van der Waals surface area contributed by atoms with Crippen LogP contribution >= 0.6 is 0 Å². The van der Waals surface area contributed by atoms with Gasteiger partial charge in [-0.25, -0.2) is 15.8 Å². The minimum Gasteiger partial charge on any atom is -0.381 e. The lowest BCUT2D eigenvalue weighted by atomic mass is 10.1. The Bertz CT molecular complexity index is 375. The molecule has 1 fully saturated rings. The number of anilines is 1. The highest BCUT2D eigenvalue weighted by molar-refractivity contribution is 5.92. The van der Waals surface area contributed by atoms with Gasteiger partial charge in [-0.1, -0.05) is 0 Å². The van der Waals surface area contributed by atoms with Gasteiger partial charge in [0.25, 0.3) is 5.91 Å². The second-order valence-corrected chi connectivity index (χ2v) is 3.79. The molecule has 1 aliphatic rings. The van der Waals surface area contributed by atoms with Gasteiger partial charge in [-0.2, -0.15) is 0 Å². The van der Waals surface area contributed by atoms with Crippen molar-refractivity contribution >= 4 is 11.7 Å². The number of nitrogens with two attached hydrogens (primary N) is 1. The maximum atomic E-state index is 11.8. The third-order valence-electron chi connectivity index (χ3n) is 2.59. The molecule has 1 amide bonds. The Balaban J connectivity index is 1.93. The van der Waals surface area contributed by atoms with E-state index in [4.69, 9.17) is 10.6 Å². The number of nitrogens with one attached hydrogen (secondary N) is 2. The zero-order valence-electron chi connectivity index (χ0n) is 9.35. The smallest absolute Gasteiger partial charge is 0.271 e. The fourth-order valence-corrected chi connectivity index (χ4v) is 1.62. The summed E-state index contributed by atoms with van der Waals surface area (Å²) in [5.74, 6) is 5.37. The summed E-state index contributed by atoms with van der Waals surface area (Å²) in [7, 11) is 0. The number of ether oxygens (including phenoxy) is 1. The summed E-state index contributed by atoms with van der Waals surface area (Å²) >= 11 is 0. The topological polar surface area (TPSA) is 102 Å². The molecule has 7 heteroatoms. The predicted octanol–water partition coefficient (Wildman–Crippen LogP) is -0.329. The summed E-state index contributed by atoms with van der Waals surface area (Å²) in [4.78, 5) is 19.7. The van der Waals surface area contributed by atoms with E-state index in [9.17, 15) is 4.79 Å². The van der Waals surface area contributed by atoms with Gasteiger partial charge in [0.1, 0.15) is 5.69 Å². The molecule has 1 saturated heterocycles. The number of carbonyl (C=O) groups excluding carboxylic acids is 1. The molecule has 0 unspecified atom stereocenters. The number of hydrogen-bond donors (Lipinski definition) is 3. The SMILES string of the molecule is NNc1cnc(C(=O)NC2CCOCC2)cn1. The van der Waals surface area contributed by atoms with Gasteiger partial charge in [-0.3, -0.25) is 4.79 Å². The molecular formula is C10H15N5O2. The molecule has 17 heavy (non-hydrogen) atoms. The van der Waals surface area contributed by atoms with Crippen LogP contribution in [-0.4, -0.2) is 35.1 Å². The van der Waals surface area contributed by atoms with Crippen LogP contribution < -0.4 is 16.6 Å². The third kappa shape index (κ3) is 3.11. The lowest BCUT2D eigenvalue weighted by Gasteiger charge is -2.22. The van der Waals surface area contributed by atoms with Crippen LogP contribution in [0.3, 0.4) is 0 Å². The Hall–Kier alpha value is -1.73. The van der Waals surface area contributed by atoms with E-state index in [1.165, 1.54) is 12.4 Å². The second-order valence-electron chi connectivity index (χ2n) is 3.79. The van der Waals surface area contributed by atoms with E-state index in [1.807, 2.05) is 0 Å². The van der Waals surface area contributed by atoms with Crippen molar-refractivity contribution < 1.29 is 9.53 Å². The zero-order valence-corrected chi connectivity index (χ0v) is 9.35. The average molecular weight is 237 g/mol. The van der Waals surface area contributed by atoms with Crippen LogP contribution in [0, 0.1) is 0 Å². The normalized spacial score (nSPS) is 16.5. The standard InChI is InChI=1S/C10H15N5O2/c11-15-9-6-12-8(5-13-9)10(16)14-7-1-3-17-4-2-7/h5-7H,1-4,11H2,(H,13,15)(H,14,16). The number of rotatable bonds is 3. The summed E-state index contributed by atoms with van der Waals surface area (Å²) < 4.78 is 5.22. The second kappa shape index (κ2) is 5.55. The van der Waals surface area contributed by atoms with Crippen LogP contribution in [0.2, 0.25) is 0 Å². The molecule has 0 aliphatic carbocycles. The van der Waals surface area contributed by atoms with E-state index < -0.39 is 0 Å². The molecule has 0 atom stereocenters. The lowest BCUT2D eigenvalue weighted by Crippen LogP contribution is -2.39. The Morgan fingerprint density at radius 2 is 2.12 bits per heavy atom. The number of amides is 1. The van der Waals surface area contributed by atoms with Crippen LogP contribution in [0.15, 0.2) is 12.4 Å². The van der Waals surface area contributed by atoms with Crippen LogP contribution in [-0.2, 0) is 4.74 Å². The first-order valence-corrected chi connectivity index (χ1v) is 5.47. The number of aromatic nitrogens is 2. The van der Waals surface area contributed by atoms with Gasteiger partial charge in [0.2, 0.25) is 0 Å². The molecule has 7 nitrogen and oxygen atoms in total. The molecule has 1 aliphatic heterocycles. The van der Waals surface area contributed by atoms with Gasteiger partial charge >= 0.3 is 0 Å². The molecule has 2 rings (SSSR count). The van der Waals surface area contributed by atoms with E-state index in [0.717, 1.165) is 12.8 Å². The van der Waals surface area contributed by atoms with Crippen molar-refractivity contribution in [3.05, 3.63) is 18.1 Å². The Morgan fingerprint density at radius 3 is 2.71 bits per heavy atom. The zero-order chi connectivity index (χ0) is 12.1. The summed E-state index contributed by atoms with van der Waals surface area (Å²) in [6.07, 6.45) is 4.48. The van der Waals surface area contributed by atoms with Gasteiger partial charge < -0.3 is 15.5 Å². The van der Waals surface area contributed by atoms with Crippen molar-refractivity contribution in [1.82, 2.24) is 15.3 Å². The fraction of sp³-hybridized carbons (Fsp3) is 0.500. The summed E-state index contributed by atoms with van der Waals surface area (Å²) in [5, 5.41) is 2.90. The number of nitrogen functional groups attached to an aromatic ring is 1. The molecule has 92 valence electrons. The Kier molecular flexibility index (Phi) is 3.84. The van der Waals surface area contributed by atoms with Gasteiger partial charge in [0.05, 0.1) is 12.4 Å². The average Bonchev–Trinajstić information content (AvgIpc) is 2.40. The van der Waals surface area contributed by atoms with Crippen LogP contribution in [0.4, 0.5) is 5.82 Å². The van der Waals surface area contributed by atoms with Gasteiger partial charge in [0, 0.05) is 19.3 Å². The van der Waals surface area contributed by atoms with Gasteiger partial charge in [0.15, 0.2) is 5.82 Å². The maximum absolute atomic E-state index is 11.8. The van der Waals surface area contributed by atoms with Crippen molar-refractivity contribution in [3.8, 4) is 0 Å². The minimum absolute atomic E-state index is 0.158. The molecule has 0 saturated carbocycles. The quantitative estimate of drug-likeness (QED) is 0.491. The monoisotopic (exact) mass is 237 g/mol. The largest absolute Gasteiger partial charge is 0.381 e. The molecule has 0 aromatic carbocycles. The Morgan fingerprint density at radius 1 is 1.35 bits per heavy atom. The molecule has 1 aromatic rings. The highest BCUT2D eigenvalue weighted by atomic mass is 16.5. The van der Waals surface area contributed by atoms with Gasteiger partial charge in [-0.15, -0.1) is 0 Å². The van der Waals surface area contributed by atoms with Crippen molar-refractivity contribution in [1.29, 1.82) is 0 Å². The van der Waals surface area contributed by atoms with Crippen LogP contribution in [0.1, 0.15) is 23.3 Å². The predicted molar refractivity (Wildman–Crippen MR) is 61.1 cm³/mol. The van der Waals surface area contributed by atoms with Crippen molar-refractivity contribution in [3.63, 3.8) is 0 Å². The lowest BCUT2D eigenvalue weighted by molar-refractivity contribution is 0.0694. The van der Waals surface area contributed by atoms with Gasteiger partial charge in [-0.05, 0) is 12.8 Å². The van der Waals surface area contributed by atoms with Crippen LogP contribution in [0.25, 0.3) is 0 Å². The highest BCUT2D eigenvalue weighted by Gasteiger charge is 2.17. The molecule has 2 heterocycles. The summed E-state index contributed by atoms with van der Waals surface area (Å²) in [6.45, 7) is 1.37. The first-order chi connectivity index (χ1) is 8.29. The number of nitrogens with zero attached hydrogens (tertiary/aromatic N) is 2. The summed E-state index contributed by atoms with van der Waals surface area (Å²) in [5.41, 5.74) is 2.64. The molecular weight excluding hydrogens is 222 g/mol. The first kappa shape index (κ1) is 11.7. The molecule has 0 radical (unpaired) electrons. The van der Waals surface area contributed by atoms with E-state index in [-0.39, 0.29) is 17.6 Å². The summed E-state index contributed by atoms with van der Waals surface area (Å²) in [6, 6.07) is 0.158. The minimum atomic E-state index is -0.215. The maximum Gasteiger partial charge on any atom is 0.271 e.